The lowest BCUT2D eigenvalue weighted by Crippen LogP contribution is -2.39. The fourth-order valence-electron chi connectivity index (χ4n) is 4.32. The van der Waals surface area contributed by atoms with Crippen molar-refractivity contribution in [3.05, 3.63) is 47.4 Å². The number of rotatable bonds is 7. The van der Waals surface area contributed by atoms with E-state index in [0.717, 1.165) is 48.8 Å². The fraction of sp³-hybridized carbons (Fsp3) is 0.545. The number of anilines is 1. The Labute approximate surface area is 184 Å². The van der Waals surface area contributed by atoms with Crippen LogP contribution in [0, 0.1) is 0 Å². The van der Waals surface area contributed by atoms with E-state index in [1.54, 1.807) is 0 Å². The van der Waals surface area contributed by atoms with Gasteiger partial charge < -0.3 is 15.0 Å². The molecule has 1 aromatic carbocycles. The molecule has 0 radical (unpaired) electrons. The Kier molecular flexibility index (Phi) is 6.74. The third-order valence-electron chi connectivity index (χ3n) is 6.02. The summed E-state index contributed by atoms with van der Waals surface area (Å²) in [5.74, 6) is 2.57. The normalized spacial score (nSPS) is 20.3. The van der Waals surface area contributed by atoms with Gasteiger partial charge in [0.25, 0.3) is 0 Å². The van der Waals surface area contributed by atoms with Crippen molar-refractivity contribution < 1.29 is 13.2 Å². The van der Waals surface area contributed by atoms with E-state index >= 15 is 0 Å². The molecule has 0 amide bonds. The number of likely N-dealkylation sites (N-methyl/N-ethyl adjacent to an activating group) is 1. The van der Waals surface area contributed by atoms with Crippen molar-refractivity contribution >= 4 is 15.8 Å². The van der Waals surface area contributed by atoms with Crippen LogP contribution in [0.1, 0.15) is 35.8 Å². The molecule has 2 aliphatic rings. The van der Waals surface area contributed by atoms with Crippen LogP contribution in [0.4, 0.5) is 5.82 Å². The molecular weight excluding hydrogens is 414 g/mol. The first-order valence-corrected chi connectivity index (χ1v) is 12.5. The minimum Gasteiger partial charge on any atom is -0.492 e. The van der Waals surface area contributed by atoms with E-state index in [2.05, 4.69) is 17.3 Å². The highest BCUT2D eigenvalue weighted by atomic mass is 32.2. The quantitative estimate of drug-likeness (QED) is 0.698. The zero-order valence-corrected chi connectivity index (χ0v) is 19.1. The Morgan fingerprint density at radius 1 is 1.19 bits per heavy atom. The summed E-state index contributed by atoms with van der Waals surface area (Å²) in [5, 5.41) is 3.17. The predicted octanol–water partition coefficient (Wildman–Crippen LogP) is 2.09. The Hall–Kier alpha value is -2.23. The topological polar surface area (TPSA) is 87.7 Å². The minimum atomic E-state index is -3.44. The van der Waals surface area contributed by atoms with Gasteiger partial charge in [0.1, 0.15) is 24.0 Å². The lowest BCUT2D eigenvalue weighted by molar-refractivity contribution is 0.245. The maximum absolute atomic E-state index is 12.9. The molecule has 0 spiro atoms. The van der Waals surface area contributed by atoms with Crippen LogP contribution in [-0.4, -0.2) is 73.7 Å². The van der Waals surface area contributed by atoms with E-state index in [1.807, 2.05) is 37.4 Å². The van der Waals surface area contributed by atoms with Crippen LogP contribution in [-0.2, 0) is 23.0 Å². The molecule has 1 fully saturated rings. The number of hydrogen-bond acceptors (Lipinski definition) is 7. The number of likely N-dealkylation sites (tertiary alicyclic amines) is 1. The number of nitrogens with zero attached hydrogens (tertiary/aromatic N) is 4. The Bertz CT molecular complexity index is 982. The number of nitrogens with one attached hydrogen (secondary N) is 1. The van der Waals surface area contributed by atoms with Crippen molar-refractivity contribution in [2.45, 2.75) is 31.7 Å². The van der Waals surface area contributed by atoms with Crippen LogP contribution in [0.2, 0.25) is 0 Å². The van der Waals surface area contributed by atoms with Gasteiger partial charge in [0.15, 0.2) is 0 Å². The number of hydrogen-bond donors (Lipinski definition) is 1. The van der Waals surface area contributed by atoms with E-state index in [9.17, 15) is 8.42 Å². The van der Waals surface area contributed by atoms with Gasteiger partial charge in [-0.1, -0.05) is 18.2 Å². The number of piperidine rings is 1. The Morgan fingerprint density at radius 2 is 2.00 bits per heavy atom. The zero-order chi connectivity index (χ0) is 21.8. The molecule has 1 unspecified atom stereocenters. The first-order chi connectivity index (χ1) is 15.0. The molecule has 0 saturated carbocycles. The van der Waals surface area contributed by atoms with Gasteiger partial charge in [-0.25, -0.2) is 18.4 Å². The van der Waals surface area contributed by atoms with E-state index in [4.69, 9.17) is 14.7 Å². The number of ether oxygens (including phenoxy) is 1. The molecule has 2 aromatic rings. The summed E-state index contributed by atoms with van der Waals surface area (Å²) >= 11 is 0. The number of aromatic nitrogens is 2. The van der Waals surface area contributed by atoms with Crippen LogP contribution >= 0.6 is 0 Å². The highest BCUT2D eigenvalue weighted by Gasteiger charge is 2.31. The first kappa shape index (κ1) is 22.0. The second-order valence-corrected chi connectivity index (χ2v) is 10.4. The highest BCUT2D eigenvalue weighted by molar-refractivity contribution is 7.89. The van der Waals surface area contributed by atoms with Gasteiger partial charge in [0, 0.05) is 44.6 Å². The Balaban J connectivity index is 1.46. The fourth-order valence-corrected chi connectivity index (χ4v) is 5.57. The maximum atomic E-state index is 12.9. The van der Waals surface area contributed by atoms with Crippen molar-refractivity contribution in [1.29, 1.82) is 0 Å². The summed E-state index contributed by atoms with van der Waals surface area (Å²) in [6.45, 7) is 2.93. The maximum Gasteiger partial charge on any atom is 0.217 e. The predicted molar refractivity (Wildman–Crippen MR) is 121 cm³/mol. The molecule has 8 nitrogen and oxygen atoms in total. The van der Waals surface area contributed by atoms with Crippen molar-refractivity contribution in [2.24, 2.45) is 0 Å². The monoisotopic (exact) mass is 445 g/mol. The summed E-state index contributed by atoms with van der Waals surface area (Å²) in [6.07, 6.45) is 2.84. The number of sulfonamides is 1. The van der Waals surface area contributed by atoms with Crippen LogP contribution in [0.25, 0.3) is 0 Å². The second kappa shape index (κ2) is 9.50. The summed E-state index contributed by atoms with van der Waals surface area (Å²) in [6, 6.07) is 9.27. The van der Waals surface area contributed by atoms with Gasteiger partial charge in [-0.15, -0.1) is 0 Å². The molecule has 1 aromatic heterocycles. The second-order valence-electron chi connectivity index (χ2n) is 8.27. The van der Waals surface area contributed by atoms with Crippen LogP contribution in [0.5, 0.6) is 5.75 Å². The molecule has 0 bridgehead atoms. The molecule has 1 saturated heterocycles. The third-order valence-corrected chi connectivity index (χ3v) is 7.80. The number of benzene rings is 1. The van der Waals surface area contributed by atoms with Crippen LogP contribution < -0.4 is 10.1 Å². The van der Waals surface area contributed by atoms with E-state index in [0.29, 0.717) is 31.2 Å². The minimum absolute atomic E-state index is 0.0561. The molecule has 1 atom stereocenters. The molecule has 2 aliphatic heterocycles. The van der Waals surface area contributed by atoms with Gasteiger partial charge in [-0.05, 0) is 38.6 Å². The molecule has 3 heterocycles. The molecule has 9 heteroatoms. The SMILES string of the molecule is CNc1nc(C2CCCN(C)C2)nc2c1CN(S(=O)(=O)CCOc1ccccc1)CC2. The van der Waals surface area contributed by atoms with Gasteiger partial charge in [0.05, 0.1) is 11.4 Å². The first-order valence-electron chi connectivity index (χ1n) is 10.9. The molecule has 0 aliphatic carbocycles. The van der Waals surface area contributed by atoms with Gasteiger partial charge in [0.2, 0.25) is 10.0 Å². The third kappa shape index (κ3) is 5.16. The lowest BCUT2D eigenvalue weighted by atomic mass is 9.97. The highest BCUT2D eigenvalue weighted by Crippen LogP contribution is 2.30. The molecule has 168 valence electrons. The van der Waals surface area contributed by atoms with Crippen LogP contribution in [0.3, 0.4) is 0 Å². The molecular formula is C22H31N5O3S. The van der Waals surface area contributed by atoms with Crippen LogP contribution in [0.15, 0.2) is 30.3 Å². The Morgan fingerprint density at radius 3 is 2.74 bits per heavy atom. The number of para-hydroxylation sites is 1. The molecule has 31 heavy (non-hydrogen) atoms. The summed E-state index contributed by atoms with van der Waals surface area (Å²) < 4.78 is 33.0. The molecule has 1 N–H and O–H groups in total. The van der Waals surface area contributed by atoms with Crippen molar-refractivity contribution in [2.75, 3.05) is 51.4 Å². The van der Waals surface area contributed by atoms with Gasteiger partial charge >= 0.3 is 0 Å². The smallest absolute Gasteiger partial charge is 0.217 e. The largest absolute Gasteiger partial charge is 0.492 e. The number of fused-ring (bicyclic) bond motifs is 1. The summed E-state index contributed by atoms with van der Waals surface area (Å²) in [5.41, 5.74) is 1.85. The van der Waals surface area contributed by atoms with Crippen molar-refractivity contribution in [1.82, 2.24) is 19.2 Å². The average Bonchev–Trinajstić information content (AvgIpc) is 2.78. The van der Waals surface area contributed by atoms with E-state index in [1.165, 1.54) is 4.31 Å². The zero-order valence-electron chi connectivity index (χ0n) is 18.2. The molecule has 4 rings (SSSR count). The van der Waals surface area contributed by atoms with E-state index in [-0.39, 0.29) is 12.4 Å². The van der Waals surface area contributed by atoms with Gasteiger partial charge in [-0.3, -0.25) is 0 Å². The van der Waals surface area contributed by atoms with E-state index < -0.39 is 10.0 Å². The van der Waals surface area contributed by atoms with Crippen molar-refractivity contribution in [3.8, 4) is 5.75 Å². The summed E-state index contributed by atoms with van der Waals surface area (Å²) in [7, 11) is 0.526. The standard InChI is InChI=1S/C22H31N5O3S/c1-23-22-19-16-27(31(28,29)14-13-30-18-8-4-3-5-9-18)12-10-20(19)24-21(25-22)17-7-6-11-26(2)15-17/h3-5,8-9,17H,6-7,10-16H2,1-2H3,(H,23,24,25). The average molecular weight is 446 g/mol. The summed E-state index contributed by atoms with van der Waals surface area (Å²) in [4.78, 5) is 12.0. The van der Waals surface area contributed by atoms with Crippen molar-refractivity contribution in [3.63, 3.8) is 0 Å². The lowest BCUT2D eigenvalue weighted by Gasteiger charge is -2.31. The van der Waals surface area contributed by atoms with Gasteiger partial charge in [-0.2, -0.15) is 4.31 Å².